The number of rotatable bonds is 5. The average Bonchev–Trinajstić information content (AvgIpc) is 3.04. The number of benzene rings is 2. The van der Waals surface area contributed by atoms with Crippen molar-refractivity contribution in [2.75, 3.05) is 5.32 Å². The third kappa shape index (κ3) is 3.63. The lowest BCUT2D eigenvalue weighted by molar-refractivity contribution is -0.115. The first-order valence-electron chi connectivity index (χ1n) is 7.60. The van der Waals surface area contributed by atoms with Gasteiger partial charge in [0.15, 0.2) is 5.82 Å². The number of carbonyl (C=O) groups is 1. The minimum Gasteiger partial charge on any atom is -0.325 e. The van der Waals surface area contributed by atoms with Gasteiger partial charge in [-0.2, -0.15) is 5.10 Å². The number of carbonyl (C=O) groups excluding carboxylic acids is 1. The lowest BCUT2D eigenvalue weighted by Gasteiger charge is -2.08. The van der Waals surface area contributed by atoms with Gasteiger partial charge in [0.25, 0.3) is 0 Å². The third-order valence-corrected chi connectivity index (χ3v) is 3.55. The van der Waals surface area contributed by atoms with E-state index in [0.717, 1.165) is 23.4 Å². The highest BCUT2D eigenvalue weighted by atomic mass is 16.1. The summed E-state index contributed by atoms with van der Waals surface area (Å²) in [7, 11) is 0. The standard InChI is InChI=1S/C18H18N4O/c1-2-14-8-6-7-11-16(14)20-18(23)12-17-19-13-22(21-17)15-9-4-3-5-10-15/h3-11,13H,2,12H2,1H3,(H,20,23). The van der Waals surface area contributed by atoms with Gasteiger partial charge in [0.05, 0.1) is 12.1 Å². The third-order valence-electron chi connectivity index (χ3n) is 3.55. The van der Waals surface area contributed by atoms with E-state index in [-0.39, 0.29) is 12.3 Å². The van der Waals surface area contributed by atoms with Crippen molar-refractivity contribution in [3.05, 3.63) is 72.3 Å². The molecule has 5 heteroatoms. The van der Waals surface area contributed by atoms with Crippen LogP contribution in [0.2, 0.25) is 0 Å². The molecule has 0 aliphatic heterocycles. The molecule has 1 N–H and O–H groups in total. The van der Waals surface area contributed by atoms with Crippen LogP contribution in [-0.4, -0.2) is 20.7 Å². The van der Waals surface area contributed by atoms with Gasteiger partial charge in [-0.3, -0.25) is 4.79 Å². The van der Waals surface area contributed by atoms with Crippen molar-refractivity contribution in [1.29, 1.82) is 0 Å². The minimum absolute atomic E-state index is 0.114. The number of nitrogens with zero attached hydrogens (tertiary/aromatic N) is 3. The van der Waals surface area contributed by atoms with Crippen LogP contribution in [0.4, 0.5) is 5.69 Å². The van der Waals surface area contributed by atoms with Gasteiger partial charge >= 0.3 is 0 Å². The van der Waals surface area contributed by atoms with Gasteiger partial charge in [0.1, 0.15) is 6.33 Å². The van der Waals surface area contributed by atoms with Crippen molar-refractivity contribution in [2.24, 2.45) is 0 Å². The summed E-state index contributed by atoms with van der Waals surface area (Å²) >= 11 is 0. The number of aryl methyl sites for hydroxylation is 1. The molecule has 1 aromatic heterocycles. The molecule has 1 heterocycles. The first kappa shape index (κ1) is 15.0. The highest BCUT2D eigenvalue weighted by molar-refractivity contribution is 5.92. The predicted octanol–water partition coefficient (Wildman–Crippen LogP) is 3.01. The summed E-state index contributed by atoms with van der Waals surface area (Å²) in [6.07, 6.45) is 2.65. The first-order valence-corrected chi connectivity index (χ1v) is 7.60. The maximum Gasteiger partial charge on any atom is 0.232 e. The second-order valence-electron chi connectivity index (χ2n) is 5.18. The van der Waals surface area contributed by atoms with Crippen LogP contribution in [-0.2, 0) is 17.6 Å². The van der Waals surface area contributed by atoms with Crippen molar-refractivity contribution >= 4 is 11.6 Å². The van der Waals surface area contributed by atoms with Crippen LogP contribution < -0.4 is 5.32 Å². The molecule has 116 valence electrons. The molecule has 23 heavy (non-hydrogen) atoms. The quantitative estimate of drug-likeness (QED) is 0.788. The molecule has 0 fully saturated rings. The van der Waals surface area contributed by atoms with E-state index in [1.54, 1.807) is 11.0 Å². The van der Waals surface area contributed by atoms with Crippen LogP contribution >= 0.6 is 0 Å². The number of aromatic nitrogens is 3. The highest BCUT2D eigenvalue weighted by Gasteiger charge is 2.10. The Labute approximate surface area is 135 Å². The molecule has 0 saturated carbocycles. The predicted molar refractivity (Wildman–Crippen MR) is 89.5 cm³/mol. The zero-order chi connectivity index (χ0) is 16.1. The number of nitrogens with one attached hydrogen (secondary N) is 1. The first-order chi connectivity index (χ1) is 11.3. The van der Waals surface area contributed by atoms with E-state index in [1.807, 2.05) is 54.6 Å². The molecular weight excluding hydrogens is 288 g/mol. The lowest BCUT2D eigenvalue weighted by atomic mass is 10.1. The lowest BCUT2D eigenvalue weighted by Crippen LogP contribution is -2.16. The molecule has 0 radical (unpaired) electrons. The van der Waals surface area contributed by atoms with E-state index < -0.39 is 0 Å². The Morgan fingerprint density at radius 1 is 1.09 bits per heavy atom. The number of anilines is 1. The second-order valence-corrected chi connectivity index (χ2v) is 5.18. The number of hydrogen-bond acceptors (Lipinski definition) is 3. The van der Waals surface area contributed by atoms with E-state index in [9.17, 15) is 4.79 Å². The summed E-state index contributed by atoms with van der Waals surface area (Å²) in [4.78, 5) is 16.4. The molecule has 5 nitrogen and oxygen atoms in total. The van der Waals surface area contributed by atoms with Crippen molar-refractivity contribution in [2.45, 2.75) is 19.8 Å². The molecule has 0 unspecified atom stereocenters. The fourth-order valence-electron chi connectivity index (χ4n) is 2.37. The van der Waals surface area contributed by atoms with Gasteiger partial charge in [-0.05, 0) is 30.2 Å². The Hall–Kier alpha value is -2.95. The van der Waals surface area contributed by atoms with Gasteiger partial charge in [0.2, 0.25) is 5.91 Å². The maximum absolute atomic E-state index is 12.2. The summed E-state index contributed by atoms with van der Waals surface area (Å²) in [5.74, 6) is 0.386. The number of amides is 1. The van der Waals surface area contributed by atoms with Crippen LogP contribution in [0.3, 0.4) is 0 Å². The fourth-order valence-corrected chi connectivity index (χ4v) is 2.37. The summed E-state index contributed by atoms with van der Waals surface area (Å²) < 4.78 is 1.67. The van der Waals surface area contributed by atoms with E-state index in [1.165, 1.54) is 0 Å². The second kappa shape index (κ2) is 6.87. The van der Waals surface area contributed by atoms with Gasteiger partial charge in [-0.1, -0.05) is 43.3 Å². The van der Waals surface area contributed by atoms with Gasteiger partial charge in [-0.25, -0.2) is 9.67 Å². The Balaban J connectivity index is 1.68. The molecular formula is C18H18N4O. The van der Waals surface area contributed by atoms with Gasteiger partial charge in [-0.15, -0.1) is 0 Å². The van der Waals surface area contributed by atoms with E-state index in [4.69, 9.17) is 0 Å². The number of hydrogen-bond donors (Lipinski definition) is 1. The number of para-hydroxylation sites is 2. The van der Waals surface area contributed by atoms with E-state index in [2.05, 4.69) is 22.3 Å². The van der Waals surface area contributed by atoms with E-state index >= 15 is 0 Å². The molecule has 0 saturated heterocycles. The monoisotopic (exact) mass is 306 g/mol. The largest absolute Gasteiger partial charge is 0.325 e. The molecule has 1 amide bonds. The summed E-state index contributed by atoms with van der Waals surface area (Å²) in [5, 5.41) is 7.28. The molecule has 0 aliphatic rings. The van der Waals surface area contributed by atoms with Crippen LogP contribution in [0, 0.1) is 0 Å². The van der Waals surface area contributed by atoms with Crippen molar-refractivity contribution in [3.8, 4) is 5.69 Å². The normalized spacial score (nSPS) is 10.5. The van der Waals surface area contributed by atoms with Crippen molar-refractivity contribution in [1.82, 2.24) is 14.8 Å². The Kier molecular flexibility index (Phi) is 4.47. The minimum atomic E-state index is -0.114. The average molecular weight is 306 g/mol. The highest BCUT2D eigenvalue weighted by Crippen LogP contribution is 2.15. The van der Waals surface area contributed by atoms with Crippen LogP contribution in [0.15, 0.2) is 60.9 Å². The topological polar surface area (TPSA) is 59.8 Å². The summed E-state index contributed by atoms with van der Waals surface area (Å²) in [6.45, 7) is 2.06. The molecule has 3 rings (SSSR count). The maximum atomic E-state index is 12.2. The Morgan fingerprint density at radius 3 is 2.61 bits per heavy atom. The zero-order valence-corrected chi connectivity index (χ0v) is 12.9. The molecule has 3 aromatic rings. The summed E-state index contributed by atoms with van der Waals surface area (Å²) in [6, 6.07) is 17.5. The van der Waals surface area contributed by atoms with Gasteiger partial charge in [0, 0.05) is 5.69 Å². The summed E-state index contributed by atoms with van der Waals surface area (Å²) in [5.41, 5.74) is 2.88. The van der Waals surface area contributed by atoms with Crippen LogP contribution in [0.1, 0.15) is 18.3 Å². The molecule has 0 bridgehead atoms. The molecule has 2 aromatic carbocycles. The van der Waals surface area contributed by atoms with Gasteiger partial charge < -0.3 is 5.32 Å². The molecule has 0 atom stereocenters. The van der Waals surface area contributed by atoms with Crippen molar-refractivity contribution in [3.63, 3.8) is 0 Å². The fraction of sp³-hybridized carbons (Fsp3) is 0.167. The van der Waals surface area contributed by atoms with Crippen LogP contribution in [0.5, 0.6) is 0 Å². The smallest absolute Gasteiger partial charge is 0.232 e. The zero-order valence-electron chi connectivity index (χ0n) is 12.9. The Bertz CT molecular complexity index is 796. The van der Waals surface area contributed by atoms with E-state index in [0.29, 0.717) is 5.82 Å². The van der Waals surface area contributed by atoms with Crippen LogP contribution in [0.25, 0.3) is 5.69 Å². The SMILES string of the molecule is CCc1ccccc1NC(=O)Cc1ncn(-c2ccccc2)n1. The van der Waals surface area contributed by atoms with Crippen molar-refractivity contribution < 1.29 is 4.79 Å². The molecule has 0 aliphatic carbocycles. The molecule has 0 spiro atoms. The Morgan fingerprint density at radius 2 is 1.83 bits per heavy atom.